The normalized spacial score (nSPS) is 60.0. The van der Waals surface area contributed by atoms with E-state index in [0.29, 0.717) is 0 Å². The first-order valence-electron chi connectivity index (χ1n) is 4.45. The average molecular weight is 168 g/mol. The zero-order chi connectivity index (χ0) is 8.56. The Kier molecular flexibility index (Phi) is 0.893. The van der Waals surface area contributed by atoms with Crippen LogP contribution in [0.3, 0.4) is 0 Å². The molecular weight excluding hydrogens is 156 g/mol. The number of hydrogen-bond donors (Lipinski definition) is 1. The number of carbonyl (C=O) groups is 1. The maximum atomic E-state index is 11.3. The van der Waals surface area contributed by atoms with Gasteiger partial charge in [-0.3, -0.25) is 4.79 Å². The Morgan fingerprint density at radius 2 is 2.42 bits per heavy atom. The maximum absolute atomic E-state index is 11.3. The Hall–Kier alpha value is -0.570. The van der Waals surface area contributed by atoms with Crippen LogP contribution in [-0.2, 0) is 9.53 Å². The summed E-state index contributed by atoms with van der Waals surface area (Å²) in [6, 6.07) is 0. The minimum Gasteiger partial charge on any atom is -0.462 e. The number of ether oxygens (including phenoxy) is 1. The van der Waals surface area contributed by atoms with E-state index in [2.05, 4.69) is 6.92 Å². The molecule has 1 unspecified atom stereocenters. The summed E-state index contributed by atoms with van der Waals surface area (Å²) in [5.74, 6) is -0.0750. The van der Waals surface area contributed by atoms with Crippen molar-refractivity contribution in [1.29, 1.82) is 0 Å². The van der Waals surface area contributed by atoms with Crippen LogP contribution < -0.4 is 0 Å². The van der Waals surface area contributed by atoms with Gasteiger partial charge in [-0.25, -0.2) is 0 Å². The van der Waals surface area contributed by atoms with Gasteiger partial charge in [-0.2, -0.15) is 0 Å². The van der Waals surface area contributed by atoms with Crippen molar-refractivity contribution in [2.45, 2.75) is 25.9 Å². The Labute approximate surface area is 70.7 Å². The molecular formula is C9H12O3. The minimum atomic E-state index is -0.0903. The SMILES string of the molecule is C[C@@]12C[C@@H]3C[C@]1(CO)C2C(=O)O3. The molecule has 2 aliphatic heterocycles. The highest BCUT2D eigenvalue weighted by atomic mass is 16.5. The second-order valence-electron chi connectivity index (χ2n) is 4.63. The fraction of sp³-hybridized carbons (Fsp3) is 0.889. The van der Waals surface area contributed by atoms with Crippen molar-refractivity contribution in [1.82, 2.24) is 0 Å². The molecule has 3 nitrogen and oxygen atoms in total. The summed E-state index contributed by atoms with van der Waals surface area (Å²) in [4.78, 5) is 11.3. The molecule has 1 N–H and O–H groups in total. The molecule has 2 heterocycles. The number of rotatable bonds is 1. The van der Waals surface area contributed by atoms with Gasteiger partial charge in [0, 0.05) is 5.41 Å². The number of aliphatic hydroxyl groups excluding tert-OH is 1. The van der Waals surface area contributed by atoms with E-state index in [1.165, 1.54) is 0 Å². The molecule has 66 valence electrons. The summed E-state index contributed by atoms with van der Waals surface area (Å²) in [5.41, 5.74) is -0.0191. The van der Waals surface area contributed by atoms with Gasteiger partial charge in [-0.05, 0) is 18.3 Å². The summed E-state index contributed by atoms with van der Waals surface area (Å²) in [6.07, 6.45) is 1.94. The van der Waals surface area contributed by atoms with Gasteiger partial charge < -0.3 is 9.84 Å². The molecule has 2 aliphatic carbocycles. The van der Waals surface area contributed by atoms with E-state index in [0.717, 1.165) is 12.8 Å². The van der Waals surface area contributed by atoms with Crippen molar-refractivity contribution in [3.63, 3.8) is 0 Å². The molecule has 2 saturated heterocycles. The Morgan fingerprint density at radius 1 is 1.67 bits per heavy atom. The second kappa shape index (κ2) is 1.55. The van der Waals surface area contributed by atoms with Gasteiger partial charge in [-0.15, -0.1) is 0 Å². The smallest absolute Gasteiger partial charge is 0.310 e. The lowest BCUT2D eigenvalue weighted by Crippen LogP contribution is -2.32. The van der Waals surface area contributed by atoms with Crippen LogP contribution in [0.2, 0.25) is 0 Å². The number of carbonyl (C=O) groups excluding carboxylic acids is 1. The predicted octanol–water partition coefficient (Wildman–Crippen LogP) is 0.320. The third-order valence-electron chi connectivity index (χ3n) is 4.29. The second-order valence-corrected chi connectivity index (χ2v) is 4.63. The third kappa shape index (κ3) is 0.431. The van der Waals surface area contributed by atoms with Crippen molar-refractivity contribution >= 4 is 5.97 Å². The molecule has 0 aromatic carbocycles. The standard InChI is InChI=1S/C9H12O3/c1-8-2-5-3-9(8,4-10)6(8)7(11)12-5/h5-6,10H,2-4H2,1H3/t5-,6?,8+,9+/m1/s1. The zero-order valence-corrected chi connectivity index (χ0v) is 7.04. The van der Waals surface area contributed by atoms with Crippen molar-refractivity contribution in [2.75, 3.05) is 6.61 Å². The molecule has 0 spiro atoms. The molecule has 4 fully saturated rings. The molecule has 12 heavy (non-hydrogen) atoms. The first-order valence-corrected chi connectivity index (χ1v) is 4.45. The fourth-order valence-corrected chi connectivity index (χ4v) is 3.60. The van der Waals surface area contributed by atoms with Gasteiger partial charge >= 0.3 is 5.97 Å². The first kappa shape index (κ1) is 6.89. The van der Waals surface area contributed by atoms with Gasteiger partial charge in [-0.1, -0.05) is 6.92 Å². The van der Waals surface area contributed by atoms with Gasteiger partial charge in [0.2, 0.25) is 0 Å². The molecule has 4 aliphatic rings. The van der Waals surface area contributed by atoms with Crippen LogP contribution in [0.25, 0.3) is 0 Å². The summed E-state index contributed by atoms with van der Waals surface area (Å²) < 4.78 is 5.15. The van der Waals surface area contributed by atoms with Crippen molar-refractivity contribution < 1.29 is 14.6 Å². The van der Waals surface area contributed by atoms with Crippen LogP contribution >= 0.6 is 0 Å². The molecule has 4 rings (SSSR count). The van der Waals surface area contributed by atoms with Crippen LogP contribution in [0, 0.1) is 16.7 Å². The van der Waals surface area contributed by atoms with Crippen LogP contribution in [-0.4, -0.2) is 23.8 Å². The minimum absolute atomic E-state index is 0.000000000000000222. The Balaban J connectivity index is 2.07. The van der Waals surface area contributed by atoms with E-state index in [9.17, 15) is 9.90 Å². The van der Waals surface area contributed by atoms with Gasteiger partial charge in [0.25, 0.3) is 0 Å². The largest absolute Gasteiger partial charge is 0.462 e. The first-order chi connectivity index (χ1) is 5.64. The molecule has 0 amide bonds. The summed E-state index contributed by atoms with van der Waals surface area (Å²) >= 11 is 0. The van der Waals surface area contributed by atoms with Crippen molar-refractivity contribution in [3.8, 4) is 0 Å². The van der Waals surface area contributed by atoms with Gasteiger partial charge in [0.05, 0.1) is 12.5 Å². The molecule has 2 saturated carbocycles. The molecule has 4 atom stereocenters. The number of aliphatic hydroxyl groups is 1. The predicted molar refractivity (Wildman–Crippen MR) is 40.2 cm³/mol. The molecule has 0 aromatic rings. The van der Waals surface area contributed by atoms with E-state index in [1.54, 1.807) is 0 Å². The highest BCUT2D eigenvalue weighted by molar-refractivity contribution is 5.82. The molecule has 4 bridgehead atoms. The lowest BCUT2D eigenvalue weighted by Gasteiger charge is -2.25. The van der Waals surface area contributed by atoms with Gasteiger partial charge in [0.15, 0.2) is 0 Å². The van der Waals surface area contributed by atoms with Crippen LogP contribution in [0.4, 0.5) is 0 Å². The highest BCUT2D eigenvalue weighted by Crippen LogP contribution is 2.80. The summed E-state index contributed by atoms with van der Waals surface area (Å²) in [7, 11) is 0. The fourth-order valence-electron chi connectivity index (χ4n) is 3.60. The number of fused-ring (bicyclic) bond motifs is 1. The lowest BCUT2D eigenvalue weighted by molar-refractivity contribution is -0.161. The van der Waals surface area contributed by atoms with E-state index in [4.69, 9.17) is 4.74 Å². The average Bonchev–Trinajstić information content (AvgIpc) is 2.43. The van der Waals surface area contributed by atoms with Gasteiger partial charge in [0.1, 0.15) is 6.10 Å². The Morgan fingerprint density at radius 3 is 2.83 bits per heavy atom. The van der Waals surface area contributed by atoms with E-state index < -0.39 is 0 Å². The monoisotopic (exact) mass is 168 g/mol. The van der Waals surface area contributed by atoms with E-state index in [1.807, 2.05) is 0 Å². The molecule has 3 heteroatoms. The van der Waals surface area contributed by atoms with Crippen LogP contribution in [0.5, 0.6) is 0 Å². The number of hydrogen-bond acceptors (Lipinski definition) is 3. The van der Waals surface area contributed by atoms with Crippen molar-refractivity contribution in [2.24, 2.45) is 16.7 Å². The Bertz CT molecular complexity index is 275. The van der Waals surface area contributed by atoms with E-state index >= 15 is 0 Å². The molecule has 0 aromatic heterocycles. The quantitative estimate of drug-likeness (QED) is 0.573. The molecule has 0 radical (unpaired) electrons. The van der Waals surface area contributed by atoms with Crippen LogP contribution in [0.1, 0.15) is 19.8 Å². The lowest BCUT2D eigenvalue weighted by atomic mass is 9.97. The summed E-state index contributed by atoms with van der Waals surface area (Å²) in [6.45, 7) is 2.26. The summed E-state index contributed by atoms with van der Waals surface area (Å²) in [5, 5.41) is 9.26. The third-order valence-corrected chi connectivity index (χ3v) is 4.29. The topological polar surface area (TPSA) is 46.5 Å². The highest BCUT2D eigenvalue weighted by Gasteiger charge is 2.83. The van der Waals surface area contributed by atoms with Crippen molar-refractivity contribution in [3.05, 3.63) is 0 Å². The maximum Gasteiger partial charge on any atom is 0.310 e. The van der Waals surface area contributed by atoms with E-state index in [-0.39, 0.29) is 35.4 Å². The number of esters is 1. The van der Waals surface area contributed by atoms with Crippen LogP contribution in [0.15, 0.2) is 0 Å². The zero-order valence-electron chi connectivity index (χ0n) is 7.04.